The third-order valence-corrected chi connectivity index (χ3v) is 4.14. The third kappa shape index (κ3) is 4.16. The predicted octanol–water partition coefficient (Wildman–Crippen LogP) is 2.68. The second kappa shape index (κ2) is 8.39. The van der Waals surface area contributed by atoms with Crippen LogP contribution in [0.25, 0.3) is 6.08 Å². The van der Waals surface area contributed by atoms with E-state index in [1.54, 1.807) is 49.4 Å². The van der Waals surface area contributed by atoms with Crippen LogP contribution in [-0.2, 0) is 14.4 Å². The minimum absolute atomic E-state index is 0.169. The largest absolute Gasteiger partial charge is 0.497 e. The molecule has 1 saturated heterocycles. The molecule has 1 N–H and O–H groups in total. The lowest BCUT2D eigenvalue weighted by atomic mass is 10.1. The quantitative estimate of drug-likeness (QED) is 0.362. The second-order valence-electron chi connectivity index (χ2n) is 6.02. The minimum Gasteiger partial charge on any atom is -0.497 e. The van der Waals surface area contributed by atoms with E-state index in [0.717, 1.165) is 4.90 Å². The molecule has 0 bridgehead atoms. The van der Waals surface area contributed by atoms with Gasteiger partial charge in [-0.2, -0.15) is 0 Å². The van der Waals surface area contributed by atoms with E-state index in [9.17, 15) is 19.2 Å². The number of rotatable bonds is 5. The summed E-state index contributed by atoms with van der Waals surface area (Å²) in [6.07, 6.45) is 1.46. The van der Waals surface area contributed by atoms with Crippen LogP contribution in [0.4, 0.5) is 10.5 Å². The van der Waals surface area contributed by atoms with Crippen LogP contribution in [-0.4, -0.2) is 30.9 Å². The topological polar surface area (TPSA) is 102 Å². The molecule has 1 fully saturated rings. The highest BCUT2D eigenvalue weighted by Crippen LogP contribution is 2.27. The second-order valence-corrected chi connectivity index (χ2v) is 6.02. The van der Waals surface area contributed by atoms with Crippen LogP contribution in [0.1, 0.15) is 18.9 Å². The summed E-state index contributed by atoms with van der Waals surface area (Å²) >= 11 is 0. The molecule has 148 valence electrons. The Morgan fingerprint density at radius 3 is 2.59 bits per heavy atom. The van der Waals surface area contributed by atoms with Gasteiger partial charge in [0.15, 0.2) is 0 Å². The number of nitrogens with one attached hydrogen (secondary N) is 1. The molecule has 3 rings (SSSR count). The molecule has 8 heteroatoms. The molecule has 2 aromatic rings. The zero-order valence-electron chi connectivity index (χ0n) is 15.8. The van der Waals surface area contributed by atoms with Crippen molar-refractivity contribution < 1.29 is 28.7 Å². The van der Waals surface area contributed by atoms with E-state index < -0.39 is 23.8 Å². The molecule has 1 aliphatic heterocycles. The molecular weight excluding hydrogens is 376 g/mol. The molecule has 1 heterocycles. The number of nitrogens with zero attached hydrogens (tertiary/aromatic N) is 1. The van der Waals surface area contributed by atoms with Gasteiger partial charge >= 0.3 is 12.0 Å². The van der Waals surface area contributed by atoms with E-state index >= 15 is 0 Å². The minimum atomic E-state index is -0.865. The monoisotopic (exact) mass is 394 g/mol. The Hall–Kier alpha value is -3.94. The Kier molecular flexibility index (Phi) is 5.73. The maximum absolute atomic E-state index is 13.0. The molecule has 0 aromatic heterocycles. The number of amides is 4. The van der Waals surface area contributed by atoms with Gasteiger partial charge in [-0.15, -0.1) is 0 Å². The molecule has 29 heavy (non-hydrogen) atoms. The number of imide groups is 2. The zero-order valence-corrected chi connectivity index (χ0v) is 15.8. The van der Waals surface area contributed by atoms with Crippen molar-refractivity contribution in [2.75, 3.05) is 12.0 Å². The molecule has 2 aromatic carbocycles. The number of carbonyl (C=O) groups excluding carboxylic acids is 4. The molecule has 0 radical (unpaired) electrons. The number of esters is 1. The van der Waals surface area contributed by atoms with Gasteiger partial charge in [-0.25, -0.2) is 9.69 Å². The molecule has 0 spiro atoms. The first kappa shape index (κ1) is 19.8. The van der Waals surface area contributed by atoms with Crippen LogP contribution in [0.3, 0.4) is 0 Å². The average molecular weight is 394 g/mol. The van der Waals surface area contributed by atoms with Gasteiger partial charge in [0.25, 0.3) is 11.8 Å². The average Bonchev–Trinajstić information content (AvgIpc) is 2.72. The fourth-order valence-electron chi connectivity index (χ4n) is 2.68. The SMILES string of the molecule is CCC(=O)Oc1ccccc1/C=C1/C(=O)NC(=O)N(c2cccc(OC)c2)C1=O. The van der Waals surface area contributed by atoms with Gasteiger partial charge in [-0.1, -0.05) is 31.2 Å². The molecule has 1 aliphatic rings. The summed E-state index contributed by atoms with van der Waals surface area (Å²) in [7, 11) is 1.46. The summed E-state index contributed by atoms with van der Waals surface area (Å²) in [5.41, 5.74) is 0.330. The fraction of sp³-hybridized carbons (Fsp3) is 0.143. The normalized spacial score (nSPS) is 15.3. The van der Waals surface area contributed by atoms with Crippen molar-refractivity contribution >= 4 is 35.6 Å². The molecule has 8 nitrogen and oxygen atoms in total. The fourth-order valence-corrected chi connectivity index (χ4v) is 2.68. The highest BCUT2D eigenvalue weighted by molar-refractivity contribution is 6.39. The van der Waals surface area contributed by atoms with Crippen molar-refractivity contribution in [2.45, 2.75) is 13.3 Å². The maximum Gasteiger partial charge on any atom is 0.335 e. The first-order valence-corrected chi connectivity index (χ1v) is 8.79. The lowest BCUT2D eigenvalue weighted by molar-refractivity contribution is -0.134. The van der Waals surface area contributed by atoms with Crippen molar-refractivity contribution in [1.29, 1.82) is 0 Å². The van der Waals surface area contributed by atoms with Gasteiger partial charge < -0.3 is 9.47 Å². The summed E-state index contributed by atoms with van der Waals surface area (Å²) in [4.78, 5) is 50.1. The lowest BCUT2D eigenvalue weighted by Crippen LogP contribution is -2.54. The van der Waals surface area contributed by atoms with E-state index in [0.29, 0.717) is 11.3 Å². The van der Waals surface area contributed by atoms with E-state index in [1.165, 1.54) is 19.3 Å². The number of ether oxygens (including phenoxy) is 2. The first-order chi connectivity index (χ1) is 13.9. The molecule has 0 aliphatic carbocycles. The summed E-state index contributed by atoms with van der Waals surface area (Å²) in [6.45, 7) is 1.65. The van der Waals surface area contributed by atoms with Crippen LogP contribution >= 0.6 is 0 Å². The van der Waals surface area contributed by atoms with Crippen molar-refractivity contribution in [2.24, 2.45) is 0 Å². The van der Waals surface area contributed by atoms with Crippen molar-refractivity contribution in [3.8, 4) is 11.5 Å². The van der Waals surface area contributed by atoms with Crippen LogP contribution < -0.4 is 19.7 Å². The van der Waals surface area contributed by atoms with E-state index in [4.69, 9.17) is 9.47 Å². The number of para-hydroxylation sites is 1. The maximum atomic E-state index is 13.0. The summed E-state index contributed by atoms with van der Waals surface area (Å²) in [5.74, 6) is -1.44. The van der Waals surface area contributed by atoms with Crippen molar-refractivity contribution in [3.63, 3.8) is 0 Å². The number of hydrogen-bond donors (Lipinski definition) is 1. The van der Waals surface area contributed by atoms with Gasteiger partial charge in [-0.05, 0) is 24.3 Å². The van der Waals surface area contributed by atoms with Crippen LogP contribution in [0, 0.1) is 0 Å². The Morgan fingerprint density at radius 1 is 1.10 bits per heavy atom. The Balaban J connectivity index is 2.01. The Labute approximate surface area is 166 Å². The summed E-state index contributed by atoms with van der Waals surface area (Å²) < 4.78 is 10.4. The van der Waals surface area contributed by atoms with Gasteiger partial charge in [0.05, 0.1) is 12.8 Å². The van der Waals surface area contributed by atoms with Crippen LogP contribution in [0.5, 0.6) is 11.5 Å². The highest BCUT2D eigenvalue weighted by Gasteiger charge is 2.37. The molecule has 0 saturated carbocycles. The number of benzene rings is 2. The number of urea groups is 1. The number of barbiturate groups is 1. The number of methoxy groups -OCH3 is 1. The molecule has 4 amide bonds. The summed E-state index contributed by atoms with van der Waals surface area (Å²) in [6, 6.07) is 11.9. The first-order valence-electron chi connectivity index (χ1n) is 8.79. The molecule has 0 unspecified atom stereocenters. The smallest absolute Gasteiger partial charge is 0.335 e. The third-order valence-electron chi connectivity index (χ3n) is 4.14. The summed E-state index contributed by atoms with van der Waals surface area (Å²) in [5, 5.41) is 2.15. The van der Waals surface area contributed by atoms with Gasteiger partial charge in [-0.3, -0.25) is 19.7 Å². The Bertz CT molecular complexity index is 1030. The number of anilines is 1. The van der Waals surface area contributed by atoms with Crippen LogP contribution in [0.2, 0.25) is 0 Å². The van der Waals surface area contributed by atoms with Crippen molar-refractivity contribution in [1.82, 2.24) is 5.32 Å². The standard InChI is InChI=1S/C21H18N2O6/c1-3-18(24)29-17-10-5-4-7-13(17)11-16-19(25)22-21(27)23(20(16)26)14-8-6-9-15(12-14)28-2/h4-12H,3H2,1-2H3,(H,22,25,27)/b16-11-. The predicted molar refractivity (Wildman–Crippen MR) is 104 cm³/mol. The van der Waals surface area contributed by atoms with Crippen LogP contribution in [0.15, 0.2) is 54.1 Å². The number of carbonyl (C=O) groups is 4. The Morgan fingerprint density at radius 2 is 1.86 bits per heavy atom. The number of hydrogen-bond acceptors (Lipinski definition) is 6. The van der Waals surface area contributed by atoms with E-state index in [1.807, 2.05) is 0 Å². The lowest BCUT2D eigenvalue weighted by Gasteiger charge is -2.26. The molecular formula is C21H18N2O6. The van der Waals surface area contributed by atoms with Gasteiger partial charge in [0, 0.05) is 18.1 Å². The van der Waals surface area contributed by atoms with E-state index in [2.05, 4.69) is 5.32 Å². The van der Waals surface area contributed by atoms with Crippen molar-refractivity contribution in [3.05, 3.63) is 59.7 Å². The van der Waals surface area contributed by atoms with Gasteiger partial charge in [0.1, 0.15) is 17.1 Å². The molecule has 0 atom stereocenters. The highest BCUT2D eigenvalue weighted by atomic mass is 16.5. The zero-order chi connectivity index (χ0) is 21.0. The van der Waals surface area contributed by atoms with E-state index in [-0.39, 0.29) is 23.4 Å². The van der Waals surface area contributed by atoms with Gasteiger partial charge in [0.2, 0.25) is 0 Å².